The first-order valence-electron chi connectivity index (χ1n) is 9.44. The Hall–Kier alpha value is -3.18. The minimum Gasteiger partial charge on any atom is -0.378 e. The minimum atomic E-state index is -0.141. The van der Waals surface area contributed by atoms with Crippen LogP contribution in [0.1, 0.15) is 15.9 Å². The number of hydrogen-bond donors (Lipinski definition) is 1. The molecule has 1 aliphatic rings. The number of para-hydroxylation sites is 1. The lowest BCUT2D eigenvalue weighted by atomic mass is 10.0. The van der Waals surface area contributed by atoms with Gasteiger partial charge in [0.15, 0.2) is 0 Å². The first kappa shape index (κ1) is 18.2. The molecule has 28 heavy (non-hydrogen) atoms. The van der Waals surface area contributed by atoms with E-state index < -0.39 is 0 Å². The fourth-order valence-electron chi connectivity index (χ4n) is 3.44. The van der Waals surface area contributed by atoms with E-state index >= 15 is 0 Å². The summed E-state index contributed by atoms with van der Waals surface area (Å²) in [7, 11) is 0. The summed E-state index contributed by atoms with van der Waals surface area (Å²) in [5.74, 6) is -0.220. The highest BCUT2D eigenvalue weighted by molar-refractivity contribution is 6.04. The fraction of sp³-hybridized carbons (Fsp3) is 0.217. The maximum atomic E-state index is 12.8. The van der Waals surface area contributed by atoms with Crippen molar-refractivity contribution >= 4 is 28.3 Å². The normalized spacial score (nSPS) is 14.1. The molecule has 1 N–H and O–H groups in total. The van der Waals surface area contributed by atoms with Crippen molar-refractivity contribution in [2.75, 3.05) is 31.6 Å². The van der Waals surface area contributed by atoms with Crippen LogP contribution in [0.3, 0.4) is 0 Å². The Morgan fingerprint density at radius 3 is 2.43 bits per heavy atom. The molecule has 0 atom stereocenters. The van der Waals surface area contributed by atoms with Gasteiger partial charge in [0, 0.05) is 13.1 Å². The van der Waals surface area contributed by atoms with Crippen LogP contribution in [0.15, 0.2) is 66.7 Å². The highest BCUT2D eigenvalue weighted by atomic mass is 16.5. The SMILES string of the molecule is O=C(Cc1ccc2ccccc2c1)Nc1ccccc1C(=O)N1CCOCC1. The average Bonchev–Trinajstić information content (AvgIpc) is 2.74. The van der Waals surface area contributed by atoms with Crippen molar-refractivity contribution in [3.8, 4) is 0 Å². The van der Waals surface area contributed by atoms with E-state index in [2.05, 4.69) is 5.32 Å². The first-order chi connectivity index (χ1) is 13.7. The minimum absolute atomic E-state index is 0.0788. The topological polar surface area (TPSA) is 58.6 Å². The number of nitrogens with zero attached hydrogens (tertiary/aromatic N) is 1. The molecule has 142 valence electrons. The molecule has 5 heteroatoms. The summed E-state index contributed by atoms with van der Waals surface area (Å²) in [6, 6.07) is 21.2. The Labute approximate surface area is 163 Å². The van der Waals surface area contributed by atoms with Crippen LogP contribution in [0, 0.1) is 0 Å². The van der Waals surface area contributed by atoms with Gasteiger partial charge >= 0.3 is 0 Å². The summed E-state index contributed by atoms with van der Waals surface area (Å²) in [6.45, 7) is 2.22. The number of fused-ring (bicyclic) bond motifs is 1. The molecule has 0 saturated carbocycles. The van der Waals surface area contributed by atoms with Crippen molar-refractivity contribution < 1.29 is 14.3 Å². The van der Waals surface area contributed by atoms with E-state index in [1.165, 1.54) is 0 Å². The van der Waals surface area contributed by atoms with Crippen molar-refractivity contribution in [2.45, 2.75) is 6.42 Å². The van der Waals surface area contributed by atoms with Gasteiger partial charge in [-0.15, -0.1) is 0 Å². The smallest absolute Gasteiger partial charge is 0.256 e. The molecule has 0 radical (unpaired) electrons. The lowest BCUT2D eigenvalue weighted by Gasteiger charge is -2.27. The molecule has 3 aromatic carbocycles. The number of benzene rings is 3. The zero-order chi connectivity index (χ0) is 19.3. The van der Waals surface area contributed by atoms with Crippen LogP contribution in [0.4, 0.5) is 5.69 Å². The molecule has 0 unspecified atom stereocenters. The number of carbonyl (C=O) groups is 2. The maximum absolute atomic E-state index is 12.8. The summed E-state index contributed by atoms with van der Waals surface area (Å²) >= 11 is 0. The molecule has 1 fully saturated rings. The molecule has 4 rings (SSSR count). The molecule has 1 heterocycles. The Morgan fingerprint density at radius 1 is 0.893 bits per heavy atom. The molecule has 0 bridgehead atoms. The number of ether oxygens (including phenoxy) is 1. The van der Waals surface area contributed by atoms with E-state index in [1.54, 1.807) is 17.0 Å². The molecule has 1 saturated heterocycles. The van der Waals surface area contributed by atoms with Crippen molar-refractivity contribution in [2.24, 2.45) is 0 Å². The second kappa shape index (κ2) is 8.23. The Kier molecular flexibility index (Phi) is 5.35. The van der Waals surface area contributed by atoms with Gasteiger partial charge in [-0.2, -0.15) is 0 Å². The summed E-state index contributed by atoms with van der Waals surface area (Å²) in [6.07, 6.45) is 0.255. The molecule has 0 aliphatic carbocycles. The zero-order valence-corrected chi connectivity index (χ0v) is 15.6. The third-order valence-corrected chi connectivity index (χ3v) is 4.91. The first-order valence-corrected chi connectivity index (χ1v) is 9.44. The number of morpholine rings is 1. The molecule has 0 aromatic heterocycles. The number of rotatable bonds is 4. The van der Waals surface area contributed by atoms with Crippen molar-refractivity contribution in [3.63, 3.8) is 0 Å². The van der Waals surface area contributed by atoms with Crippen LogP contribution < -0.4 is 5.32 Å². The van der Waals surface area contributed by atoms with E-state index in [4.69, 9.17) is 4.74 Å². The average molecular weight is 374 g/mol. The lowest BCUT2D eigenvalue weighted by Crippen LogP contribution is -2.41. The summed E-state index contributed by atoms with van der Waals surface area (Å²) in [5.41, 5.74) is 1.99. The molecular weight excluding hydrogens is 352 g/mol. The van der Waals surface area contributed by atoms with Gasteiger partial charge in [0.2, 0.25) is 5.91 Å². The second-order valence-corrected chi connectivity index (χ2v) is 6.86. The van der Waals surface area contributed by atoms with Crippen LogP contribution in [-0.4, -0.2) is 43.0 Å². The Bertz CT molecular complexity index is 1010. The largest absolute Gasteiger partial charge is 0.378 e. The molecule has 3 aromatic rings. The lowest BCUT2D eigenvalue weighted by molar-refractivity contribution is -0.115. The van der Waals surface area contributed by atoms with Gasteiger partial charge in [0.25, 0.3) is 5.91 Å². The van der Waals surface area contributed by atoms with E-state index in [0.717, 1.165) is 16.3 Å². The van der Waals surface area contributed by atoms with E-state index in [1.807, 2.05) is 54.6 Å². The monoisotopic (exact) mass is 374 g/mol. The second-order valence-electron chi connectivity index (χ2n) is 6.86. The van der Waals surface area contributed by atoms with E-state index in [0.29, 0.717) is 37.6 Å². The Balaban J connectivity index is 1.48. The molecule has 0 spiro atoms. The predicted octanol–water partition coefficient (Wildman–Crippen LogP) is 3.49. The Morgan fingerprint density at radius 2 is 1.61 bits per heavy atom. The van der Waals surface area contributed by atoms with Crippen LogP contribution in [0.5, 0.6) is 0 Å². The quantitative estimate of drug-likeness (QED) is 0.760. The van der Waals surface area contributed by atoms with Crippen LogP contribution in [-0.2, 0) is 16.0 Å². The van der Waals surface area contributed by atoms with Gasteiger partial charge in [0.05, 0.1) is 30.9 Å². The van der Waals surface area contributed by atoms with Crippen LogP contribution >= 0.6 is 0 Å². The molecule has 2 amide bonds. The zero-order valence-electron chi connectivity index (χ0n) is 15.6. The molecule has 1 aliphatic heterocycles. The van der Waals surface area contributed by atoms with Crippen molar-refractivity contribution in [1.29, 1.82) is 0 Å². The summed E-state index contributed by atoms with van der Waals surface area (Å²) in [5, 5.41) is 5.16. The van der Waals surface area contributed by atoms with Crippen molar-refractivity contribution in [3.05, 3.63) is 77.9 Å². The van der Waals surface area contributed by atoms with Gasteiger partial charge < -0.3 is 15.0 Å². The predicted molar refractivity (Wildman–Crippen MR) is 109 cm³/mol. The summed E-state index contributed by atoms with van der Waals surface area (Å²) in [4.78, 5) is 27.2. The number of nitrogens with one attached hydrogen (secondary N) is 1. The fourth-order valence-corrected chi connectivity index (χ4v) is 3.44. The number of anilines is 1. The summed E-state index contributed by atoms with van der Waals surface area (Å²) < 4.78 is 5.31. The van der Waals surface area contributed by atoms with Crippen molar-refractivity contribution in [1.82, 2.24) is 4.90 Å². The number of amides is 2. The van der Waals surface area contributed by atoms with Gasteiger partial charge in [-0.1, -0.05) is 54.6 Å². The number of carbonyl (C=O) groups excluding carboxylic acids is 2. The van der Waals surface area contributed by atoms with Gasteiger partial charge in [-0.3, -0.25) is 9.59 Å². The third-order valence-electron chi connectivity index (χ3n) is 4.91. The highest BCUT2D eigenvalue weighted by Crippen LogP contribution is 2.20. The van der Waals surface area contributed by atoms with Crippen LogP contribution in [0.2, 0.25) is 0 Å². The highest BCUT2D eigenvalue weighted by Gasteiger charge is 2.21. The van der Waals surface area contributed by atoms with Crippen LogP contribution in [0.25, 0.3) is 10.8 Å². The maximum Gasteiger partial charge on any atom is 0.256 e. The van der Waals surface area contributed by atoms with Gasteiger partial charge in [-0.05, 0) is 28.5 Å². The number of hydrogen-bond acceptors (Lipinski definition) is 3. The molecular formula is C23H22N2O3. The molecule has 5 nitrogen and oxygen atoms in total. The standard InChI is InChI=1S/C23H22N2O3/c26-22(16-17-9-10-18-5-1-2-6-19(18)15-17)24-21-8-4-3-7-20(21)23(27)25-11-13-28-14-12-25/h1-10,15H,11-14,16H2,(H,24,26). The van der Waals surface area contributed by atoms with Gasteiger partial charge in [-0.25, -0.2) is 0 Å². The van der Waals surface area contributed by atoms with E-state index in [-0.39, 0.29) is 18.2 Å². The van der Waals surface area contributed by atoms with E-state index in [9.17, 15) is 9.59 Å². The van der Waals surface area contributed by atoms with Gasteiger partial charge in [0.1, 0.15) is 0 Å². The third kappa shape index (κ3) is 4.05.